The van der Waals surface area contributed by atoms with Crippen LogP contribution in [0.25, 0.3) is 0 Å². The molecular weight excluding hydrogens is 472 g/mol. The molecule has 1 heterocycles. The molecule has 12 heteroatoms. The fourth-order valence-corrected chi connectivity index (χ4v) is 4.10. The number of halogens is 1. The molecule has 2 aromatic carbocycles. The van der Waals surface area contributed by atoms with Gasteiger partial charge in [-0.3, -0.25) is 20.2 Å². The number of nitro groups is 2. The molecule has 0 N–H and O–H groups in total. The molecule has 0 fully saturated rings. The van der Waals surface area contributed by atoms with Gasteiger partial charge in [0.15, 0.2) is 0 Å². The molecule has 172 valence electrons. The van der Waals surface area contributed by atoms with E-state index in [-0.39, 0.29) is 27.8 Å². The number of carbonyl (C=O) groups is 1. The van der Waals surface area contributed by atoms with Gasteiger partial charge in [-0.15, -0.1) is 0 Å². The molecule has 0 aliphatic heterocycles. The standard InChI is InChI=1S/C21H19ClN4O6S/c1-12-18(33-17-8-6-5-7-16(17)26(30)31)19(24(23-12)21(2,3)4)32-20(27)14-11-13(25(28)29)9-10-15(14)22/h5-11H,1-4H3. The fraction of sp³-hybridized carbons (Fsp3) is 0.238. The molecule has 0 unspecified atom stereocenters. The molecule has 0 radical (unpaired) electrons. The van der Waals surface area contributed by atoms with Gasteiger partial charge < -0.3 is 4.74 Å². The summed E-state index contributed by atoms with van der Waals surface area (Å²) in [6.45, 7) is 7.22. The number of para-hydroxylation sites is 1. The summed E-state index contributed by atoms with van der Waals surface area (Å²) in [5, 5.41) is 27.0. The van der Waals surface area contributed by atoms with Crippen LogP contribution in [-0.2, 0) is 5.54 Å². The van der Waals surface area contributed by atoms with Crippen LogP contribution in [0.2, 0.25) is 5.02 Å². The van der Waals surface area contributed by atoms with E-state index in [2.05, 4.69) is 5.10 Å². The molecule has 0 aliphatic rings. The molecular formula is C21H19ClN4O6S. The van der Waals surface area contributed by atoms with Crippen molar-refractivity contribution in [2.24, 2.45) is 0 Å². The molecule has 0 atom stereocenters. The van der Waals surface area contributed by atoms with Crippen LogP contribution in [0.3, 0.4) is 0 Å². The minimum absolute atomic E-state index is 0.0166. The van der Waals surface area contributed by atoms with Crippen molar-refractivity contribution < 1.29 is 19.4 Å². The number of aryl methyl sites for hydroxylation is 1. The van der Waals surface area contributed by atoms with Gasteiger partial charge in [0.2, 0.25) is 5.88 Å². The van der Waals surface area contributed by atoms with Crippen LogP contribution in [0.4, 0.5) is 11.4 Å². The second-order valence-electron chi connectivity index (χ2n) is 7.94. The average molecular weight is 491 g/mol. The van der Waals surface area contributed by atoms with Crippen molar-refractivity contribution in [3.63, 3.8) is 0 Å². The Kier molecular flexibility index (Phi) is 6.75. The van der Waals surface area contributed by atoms with E-state index in [1.807, 2.05) is 20.8 Å². The van der Waals surface area contributed by atoms with Gasteiger partial charge in [-0.05, 0) is 39.8 Å². The summed E-state index contributed by atoms with van der Waals surface area (Å²) >= 11 is 7.13. The van der Waals surface area contributed by atoms with Gasteiger partial charge in [0.25, 0.3) is 11.4 Å². The first-order valence-corrected chi connectivity index (χ1v) is 10.8. The molecule has 33 heavy (non-hydrogen) atoms. The van der Waals surface area contributed by atoms with Crippen LogP contribution in [0.1, 0.15) is 36.8 Å². The number of nitrogens with zero attached hydrogens (tertiary/aromatic N) is 4. The van der Waals surface area contributed by atoms with Crippen molar-refractivity contribution in [3.05, 3.63) is 79.0 Å². The highest BCUT2D eigenvalue weighted by Crippen LogP contribution is 2.43. The maximum absolute atomic E-state index is 13.0. The zero-order valence-electron chi connectivity index (χ0n) is 18.1. The Hall–Kier alpha value is -3.44. The number of aromatic nitrogens is 2. The van der Waals surface area contributed by atoms with Crippen LogP contribution in [0.5, 0.6) is 5.88 Å². The number of hydrogen-bond donors (Lipinski definition) is 0. The predicted molar refractivity (Wildman–Crippen MR) is 122 cm³/mol. The molecule has 10 nitrogen and oxygen atoms in total. The number of benzene rings is 2. The third-order valence-electron chi connectivity index (χ3n) is 4.44. The summed E-state index contributed by atoms with van der Waals surface area (Å²) in [4.78, 5) is 35.1. The van der Waals surface area contributed by atoms with Gasteiger partial charge in [-0.25, -0.2) is 9.48 Å². The van der Waals surface area contributed by atoms with E-state index in [1.165, 1.54) is 22.9 Å². The van der Waals surface area contributed by atoms with E-state index in [1.54, 1.807) is 25.1 Å². The zero-order valence-corrected chi connectivity index (χ0v) is 19.6. The Morgan fingerprint density at radius 2 is 1.79 bits per heavy atom. The SMILES string of the molecule is Cc1nn(C(C)(C)C)c(OC(=O)c2cc([N+](=O)[O-])ccc2Cl)c1Sc1ccccc1[N+](=O)[O-]. The summed E-state index contributed by atoms with van der Waals surface area (Å²) < 4.78 is 7.15. The normalized spacial score (nSPS) is 11.3. The van der Waals surface area contributed by atoms with Gasteiger partial charge in [0.1, 0.15) is 0 Å². The molecule has 0 saturated carbocycles. The van der Waals surface area contributed by atoms with Gasteiger partial charge >= 0.3 is 5.97 Å². The summed E-state index contributed by atoms with van der Waals surface area (Å²) in [5.41, 5.74) is -0.743. The van der Waals surface area contributed by atoms with Crippen molar-refractivity contribution in [2.45, 2.75) is 43.0 Å². The molecule has 0 aliphatic carbocycles. The molecule has 0 bridgehead atoms. The lowest BCUT2D eigenvalue weighted by molar-refractivity contribution is -0.387. The van der Waals surface area contributed by atoms with Gasteiger partial charge in [-0.1, -0.05) is 35.5 Å². The predicted octanol–water partition coefficient (Wildman–Crippen LogP) is 5.79. The number of esters is 1. The Bertz CT molecular complexity index is 1270. The number of non-ortho nitro benzene ring substituents is 1. The first-order chi connectivity index (χ1) is 15.4. The van der Waals surface area contributed by atoms with Crippen molar-refractivity contribution in [1.29, 1.82) is 0 Å². The number of ether oxygens (including phenoxy) is 1. The molecule has 3 aromatic rings. The first kappa shape index (κ1) is 24.2. The minimum Gasteiger partial charge on any atom is -0.403 e. The largest absolute Gasteiger partial charge is 0.403 e. The summed E-state index contributed by atoms with van der Waals surface area (Å²) in [5.74, 6) is -0.866. The quantitative estimate of drug-likeness (QED) is 0.241. The van der Waals surface area contributed by atoms with Gasteiger partial charge in [0, 0.05) is 18.2 Å². The average Bonchev–Trinajstić information content (AvgIpc) is 3.04. The molecule has 1 aromatic heterocycles. The summed E-state index contributed by atoms with van der Waals surface area (Å²) in [6, 6.07) is 9.63. The van der Waals surface area contributed by atoms with Crippen molar-refractivity contribution in [3.8, 4) is 5.88 Å². The van der Waals surface area contributed by atoms with Crippen LogP contribution in [-0.4, -0.2) is 25.6 Å². The highest BCUT2D eigenvalue weighted by molar-refractivity contribution is 7.99. The zero-order chi connectivity index (χ0) is 24.5. The van der Waals surface area contributed by atoms with E-state index in [9.17, 15) is 25.0 Å². The van der Waals surface area contributed by atoms with Crippen molar-refractivity contribution in [1.82, 2.24) is 9.78 Å². The summed E-state index contributed by atoms with van der Waals surface area (Å²) in [6.07, 6.45) is 0. The monoisotopic (exact) mass is 490 g/mol. The smallest absolute Gasteiger partial charge is 0.346 e. The molecule has 0 saturated heterocycles. The third-order valence-corrected chi connectivity index (χ3v) is 6.01. The first-order valence-electron chi connectivity index (χ1n) is 9.57. The lowest BCUT2D eigenvalue weighted by atomic mass is 10.1. The maximum Gasteiger partial charge on any atom is 0.346 e. The maximum atomic E-state index is 13.0. The number of hydrogen-bond acceptors (Lipinski definition) is 8. The summed E-state index contributed by atoms with van der Waals surface area (Å²) in [7, 11) is 0. The third kappa shape index (κ3) is 5.15. The van der Waals surface area contributed by atoms with Crippen molar-refractivity contribution >= 4 is 40.7 Å². The van der Waals surface area contributed by atoms with E-state index in [0.717, 1.165) is 17.8 Å². The van der Waals surface area contributed by atoms with Crippen LogP contribution in [0, 0.1) is 27.2 Å². The second kappa shape index (κ2) is 9.20. The van der Waals surface area contributed by atoms with E-state index in [0.29, 0.717) is 15.5 Å². The lowest BCUT2D eigenvalue weighted by Crippen LogP contribution is -2.25. The molecule has 0 spiro atoms. The Morgan fingerprint density at radius 3 is 2.39 bits per heavy atom. The number of nitro benzene ring substituents is 2. The van der Waals surface area contributed by atoms with E-state index in [4.69, 9.17) is 16.3 Å². The number of rotatable bonds is 6. The second-order valence-corrected chi connectivity index (χ2v) is 9.40. The van der Waals surface area contributed by atoms with Crippen LogP contribution in [0.15, 0.2) is 52.3 Å². The Balaban J connectivity index is 2.10. The topological polar surface area (TPSA) is 130 Å². The number of carbonyl (C=O) groups excluding carboxylic acids is 1. The van der Waals surface area contributed by atoms with Gasteiger partial charge in [-0.2, -0.15) is 5.10 Å². The highest BCUT2D eigenvalue weighted by atomic mass is 35.5. The lowest BCUT2D eigenvalue weighted by Gasteiger charge is -2.22. The van der Waals surface area contributed by atoms with Crippen LogP contribution < -0.4 is 4.74 Å². The highest BCUT2D eigenvalue weighted by Gasteiger charge is 2.30. The fourth-order valence-electron chi connectivity index (χ4n) is 2.88. The van der Waals surface area contributed by atoms with Crippen LogP contribution >= 0.6 is 23.4 Å². The van der Waals surface area contributed by atoms with Crippen molar-refractivity contribution in [2.75, 3.05) is 0 Å². The van der Waals surface area contributed by atoms with Gasteiger partial charge in [0.05, 0.1) is 41.5 Å². The van der Waals surface area contributed by atoms with E-state index >= 15 is 0 Å². The molecule has 0 amide bonds. The Labute approximate surface area is 197 Å². The van der Waals surface area contributed by atoms with E-state index < -0.39 is 21.4 Å². The Morgan fingerprint density at radius 1 is 1.12 bits per heavy atom. The minimum atomic E-state index is -0.918. The molecule has 3 rings (SSSR count).